The highest BCUT2D eigenvalue weighted by Gasteiger charge is 2.06. The van der Waals surface area contributed by atoms with E-state index in [1.807, 2.05) is 19.9 Å². The van der Waals surface area contributed by atoms with Crippen molar-refractivity contribution in [1.29, 1.82) is 0 Å². The SMILES string of the molecule is CC(O)COc1ccc(CNC(C)C)cc1F. The van der Waals surface area contributed by atoms with E-state index >= 15 is 0 Å². The van der Waals surface area contributed by atoms with Crippen molar-refractivity contribution >= 4 is 0 Å². The van der Waals surface area contributed by atoms with Gasteiger partial charge in [0.05, 0.1) is 6.10 Å². The summed E-state index contributed by atoms with van der Waals surface area (Å²) in [5, 5.41) is 12.3. The fraction of sp³-hybridized carbons (Fsp3) is 0.538. The molecule has 96 valence electrons. The molecule has 1 unspecified atom stereocenters. The summed E-state index contributed by atoms with van der Waals surface area (Å²) >= 11 is 0. The van der Waals surface area contributed by atoms with Crippen LogP contribution in [-0.4, -0.2) is 23.9 Å². The lowest BCUT2D eigenvalue weighted by molar-refractivity contribution is 0.120. The van der Waals surface area contributed by atoms with E-state index in [1.54, 1.807) is 13.0 Å². The molecule has 0 bridgehead atoms. The van der Waals surface area contributed by atoms with E-state index < -0.39 is 11.9 Å². The monoisotopic (exact) mass is 241 g/mol. The van der Waals surface area contributed by atoms with Crippen molar-refractivity contribution in [3.63, 3.8) is 0 Å². The van der Waals surface area contributed by atoms with Crippen LogP contribution in [0.2, 0.25) is 0 Å². The summed E-state index contributed by atoms with van der Waals surface area (Å²) in [6.45, 7) is 6.40. The molecule has 4 heteroatoms. The van der Waals surface area contributed by atoms with Crippen LogP contribution >= 0.6 is 0 Å². The number of ether oxygens (including phenoxy) is 1. The van der Waals surface area contributed by atoms with Gasteiger partial charge in [-0.15, -0.1) is 0 Å². The Bertz CT molecular complexity index is 353. The Morgan fingerprint density at radius 2 is 2.06 bits per heavy atom. The maximum Gasteiger partial charge on any atom is 0.165 e. The lowest BCUT2D eigenvalue weighted by atomic mass is 10.2. The normalized spacial score (nSPS) is 12.8. The molecule has 17 heavy (non-hydrogen) atoms. The summed E-state index contributed by atoms with van der Waals surface area (Å²) in [5.41, 5.74) is 0.876. The number of nitrogens with one attached hydrogen (secondary N) is 1. The van der Waals surface area contributed by atoms with Crippen molar-refractivity contribution in [3.8, 4) is 5.75 Å². The molecule has 1 aromatic rings. The molecule has 0 aliphatic heterocycles. The van der Waals surface area contributed by atoms with Crippen LogP contribution in [-0.2, 0) is 6.54 Å². The van der Waals surface area contributed by atoms with Crippen LogP contribution in [0.15, 0.2) is 18.2 Å². The molecule has 0 spiro atoms. The van der Waals surface area contributed by atoms with Gasteiger partial charge in [-0.1, -0.05) is 19.9 Å². The molecule has 0 saturated carbocycles. The Morgan fingerprint density at radius 3 is 2.59 bits per heavy atom. The summed E-state index contributed by atoms with van der Waals surface area (Å²) in [4.78, 5) is 0. The largest absolute Gasteiger partial charge is 0.488 e. The van der Waals surface area contributed by atoms with Crippen LogP contribution in [0, 0.1) is 5.82 Å². The molecule has 2 N–H and O–H groups in total. The molecule has 3 nitrogen and oxygen atoms in total. The van der Waals surface area contributed by atoms with Gasteiger partial charge in [-0.25, -0.2) is 4.39 Å². The average molecular weight is 241 g/mol. The highest BCUT2D eigenvalue weighted by Crippen LogP contribution is 2.18. The van der Waals surface area contributed by atoms with E-state index in [0.29, 0.717) is 12.6 Å². The molecule has 0 heterocycles. The Morgan fingerprint density at radius 1 is 1.35 bits per heavy atom. The zero-order chi connectivity index (χ0) is 12.8. The van der Waals surface area contributed by atoms with Crippen LogP contribution in [0.1, 0.15) is 26.3 Å². The third-order valence-corrected chi connectivity index (χ3v) is 2.19. The van der Waals surface area contributed by atoms with Gasteiger partial charge >= 0.3 is 0 Å². The summed E-state index contributed by atoms with van der Waals surface area (Å²) in [6, 6.07) is 5.22. The number of aliphatic hydroxyl groups excluding tert-OH is 1. The first-order valence-electron chi connectivity index (χ1n) is 5.81. The minimum atomic E-state index is -0.600. The summed E-state index contributed by atoms with van der Waals surface area (Å²) < 4.78 is 18.7. The van der Waals surface area contributed by atoms with Crippen LogP contribution in [0.25, 0.3) is 0 Å². The third kappa shape index (κ3) is 5.15. The molecule has 1 rings (SSSR count). The van der Waals surface area contributed by atoms with Crippen molar-refractivity contribution in [3.05, 3.63) is 29.6 Å². The zero-order valence-electron chi connectivity index (χ0n) is 10.5. The van der Waals surface area contributed by atoms with Gasteiger partial charge in [-0.2, -0.15) is 0 Å². The standard InChI is InChI=1S/C13H20FNO2/c1-9(2)15-7-11-4-5-13(12(14)6-11)17-8-10(3)16/h4-6,9-10,15-16H,7-8H2,1-3H3. The van der Waals surface area contributed by atoms with Crippen molar-refractivity contribution in [2.24, 2.45) is 0 Å². The fourth-order valence-corrected chi connectivity index (χ4v) is 1.30. The predicted molar refractivity (Wildman–Crippen MR) is 65.6 cm³/mol. The Labute approximate surface area is 102 Å². The Balaban J connectivity index is 2.59. The quantitative estimate of drug-likeness (QED) is 0.801. The van der Waals surface area contributed by atoms with Gasteiger partial charge in [0.15, 0.2) is 11.6 Å². The predicted octanol–water partition coefficient (Wildman–Crippen LogP) is 2.08. The number of hydrogen-bond acceptors (Lipinski definition) is 3. The van der Waals surface area contributed by atoms with Gasteiger partial charge < -0.3 is 15.2 Å². The van der Waals surface area contributed by atoms with E-state index in [0.717, 1.165) is 5.56 Å². The second-order valence-electron chi connectivity index (χ2n) is 4.46. The molecule has 1 aromatic carbocycles. The fourth-order valence-electron chi connectivity index (χ4n) is 1.30. The molecule has 0 fully saturated rings. The van der Waals surface area contributed by atoms with Crippen molar-refractivity contribution in [1.82, 2.24) is 5.32 Å². The van der Waals surface area contributed by atoms with E-state index in [2.05, 4.69) is 5.32 Å². The first kappa shape index (κ1) is 13.9. The summed E-state index contributed by atoms with van der Waals surface area (Å²) in [7, 11) is 0. The number of hydrogen-bond donors (Lipinski definition) is 2. The Hall–Kier alpha value is -1.13. The van der Waals surface area contributed by atoms with E-state index in [1.165, 1.54) is 6.07 Å². The number of aliphatic hydroxyl groups is 1. The van der Waals surface area contributed by atoms with Crippen LogP contribution in [0.4, 0.5) is 4.39 Å². The molecule has 1 atom stereocenters. The smallest absolute Gasteiger partial charge is 0.165 e. The second-order valence-corrected chi connectivity index (χ2v) is 4.46. The lowest BCUT2D eigenvalue weighted by Crippen LogP contribution is -2.21. The second kappa shape index (κ2) is 6.57. The molecule has 0 aromatic heterocycles. The van der Waals surface area contributed by atoms with Gasteiger partial charge in [0.25, 0.3) is 0 Å². The lowest BCUT2D eigenvalue weighted by Gasteiger charge is -2.11. The van der Waals surface area contributed by atoms with Gasteiger partial charge in [0.2, 0.25) is 0 Å². The molecule has 0 aliphatic carbocycles. The topological polar surface area (TPSA) is 41.5 Å². The van der Waals surface area contributed by atoms with Crippen molar-refractivity contribution in [2.75, 3.05) is 6.61 Å². The van der Waals surface area contributed by atoms with Crippen molar-refractivity contribution < 1.29 is 14.2 Å². The van der Waals surface area contributed by atoms with Gasteiger partial charge in [-0.05, 0) is 24.6 Å². The van der Waals surface area contributed by atoms with Crippen molar-refractivity contribution in [2.45, 2.75) is 39.5 Å². The summed E-state index contributed by atoms with van der Waals surface area (Å²) in [6.07, 6.45) is -0.600. The zero-order valence-corrected chi connectivity index (χ0v) is 10.5. The number of halogens is 1. The molecule has 0 aliphatic rings. The molecule has 0 saturated heterocycles. The number of rotatable bonds is 6. The molecular formula is C13H20FNO2. The number of benzene rings is 1. The summed E-state index contributed by atoms with van der Waals surface area (Å²) in [5.74, 6) is -0.215. The molecule has 0 radical (unpaired) electrons. The average Bonchev–Trinajstić information content (AvgIpc) is 2.24. The van der Waals surface area contributed by atoms with Crippen LogP contribution in [0.5, 0.6) is 5.75 Å². The highest BCUT2D eigenvalue weighted by molar-refractivity contribution is 5.29. The first-order chi connectivity index (χ1) is 7.99. The van der Waals surface area contributed by atoms with Crippen LogP contribution < -0.4 is 10.1 Å². The minimum Gasteiger partial charge on any atom is -0.488 e. The van der Waals surface area contributed by atoms with Gasteiger partial charge in [0.1, 0.15) is 6.61 Å². The van der Waals surface area contributed by atoms with E-state index in [-0.39, 0.29) is 12.4 Å². The van der Waals surface area contributed by atoms with Crippen LogP contribution in [0.3, 0.4) is 0 Å². The third-order valence-electron chi connectivity index (χ3n) is 2.19. The van der Waals surface area contributed by atoms with Gasteiger partial charge in [-0.3, -0.25) is 0 Å². The van der Waals surface area contributed by atoms with E-state index in [9.17, 15) is 4.39 Å². The maximum atomic E-state index is 13.6. The highest BCUT2D eigenvalue weighted by atomic mass is 19.1. The first-order valence-corrected chi connectivity index (χ1v) is 5.81. The molecule has 0 amide bonds. The maximum absolute atomic E-state index is 13.6. The minimum absolute atomic E-state index is 0.0977. The molecular weight excluding hydrogens is 221 g/mol. The Kier molecular flexibility index (Phi) is 5.38. The van der Waals surface area contributed by atoms with Gasteiger partial charge in [0, 0.05) is 12.6 Å². The van der Waals surface area contributed by atoms with E-state index in [4.69, 9.17) is 9.84 Å².